The van der Waals surface area contributed by atoms with Gasteiger partial charge in [0.15, 0.2) is 0 Å². The van der Waals surface area contributed by atoms with Crippen LogP contribution in [0.1, 0.15) is 13.3 Å². The summed E-state index contributed by atoms with van der Waals surface area (Å²) in [5, 5.41) is 3.04. The Morgan fingerprint density at radius 3 is 2.56 bits per heavy atom. The van der Waals surface area contributed by atoms with Gasteiger partial charge in [-0.05, 0) is 42.8 Å². The second kappa shape index (κ2) is 6.05. The highest BCUT2D eigenvalue weighted by atomic mass is 16.5. The molecule has 2 aromatic rings. The molecule has 3 heteroatoms. The molecule has 0 radical (unpaired) electrons. The number of ether oxygens (including phenoxy) is 1. The standard InChI is InChI=1S/C15H18N2O/c1-3-11-18-13-9-7-12(8-10-13)14-5-4-6-15(16-2)17-14/h4-10H,3,11H2,1-2H3,(H,16,17). The number of benzene rings is 1. The Bertz CT molecular complexity index is 494. The first-order chi connectivity index (χ1) is 8.83. The van der Waals surface area contributed by atoms with Crippen LogP contribution in [0, 0.1) is 0 Å². The van der Waals surface area contributed by atoms with Gasteiger partial charge in [-0.1, -0.05) is 13.0 Å². The summed E-state index contributed by atoms with van der Waals surface area (Å²) < 4.78 is 5.56. The number of nitrogens with one attached hydrogen (secondary N) is 1. The van der Waals surface area contributed by atoms with Gasteiger partial charge in [0.05, 0.1) is 12.3 Å². The minimum atomic E-state index is 0.757. The molecule has 3 nitrogen and oxygen atoms in total. The molecule has 0 bridgehead atoms. The molecule has 0 fully saturated rings. The van der Waals surface area contributed by atoms with Gasteiger partial charge in [0.2, 0.25) is 0 Å². The quantitative estimate of drug-likeness (QED) is 0.870. The minimum Gasteiger partial charge on any atom is -0.494 e. The molecule has 0 atom stereocenters. The molecule has 0 aliphatic heterocycles. The predicted octanol–water partition coefficient (Wildman–Crippen LogP) is 3.58. The Labute approximate surface area is 108 Å². The zero-order valence-electron chi connectivity index (χ0n) is 10.8. The number of nitrogens with zero attached hydrogens (tertiary/aromatic N) is 1. The molecule has 0 saturated carbocycles. The molecule has 2 rings (SSSR count). The fraction of sp³-hybridized carbons (Fsp3) is 0.267. The second-order valence-electron chi connectivity index (χ2n) is 4.03. The van der Waals surface area contributed by atoms with E-state index >= 15 is 0 Å². The van der Waals surface area contributed by atoms with E-state index in [0.29, 0.717) is 0 Å². The molecule has 0 unspecified atom stereocenters. The highest BCUT2D eigenvalue weighted by Crippen LogP contribution is 2.21. The fourth-order valence-corrected chi connectivity index (χ4v) is 1.68. The summed E-state index contributed by atoms with van der Waals surface area (Å²) in [6.45, 7) is 2.86. The van der Waals surface area contributed by atoms with E-state index in [2.05, 4.69) is 17.2 Å². The molecule has 0 amide bonds. The lowest BCUT2D eigenvalue weighted by molar-refractivity contribution is 0.317. The van der Waals surface area contributed by atoms with E-state index < -0.39 is 0 Å². The van der Waals surface area contributed by atoms with Crippen molar-refractivity contribution in [2.75, 3.05) is 19.0 Å². The van der Waals surface area contributed by atoms with Crippen molar-refractivity contribution in [2.24, 2.45) is 0 Å². The molecule has 0 aliphatic rings. The van der Waals surface area contributed by atoms with Crippen LogP contribution in [0.2, 0.25) is 0 Å². The smallest absolute Gasteiger partial charge is 0.126 e. The summed E-state index contributed by atoms with van der Waals surface area (Å²) in [6, 6.07) is 14.0. The van der Waals surface area contributed by atoms with Crippen LogP contribution >= 0.6 is 0 Å². The molecule has 1 aromatic heterocycles. The maximum absolute atomic E-state index is 5.56. The van der Waals surface area contributed by atoms with Crippen molar-refractivity contribution in [1.29, 1.82) is 0 Å². The van der Waals surface area contributed by atoms with E-state index in [9.17, 15) is 0 Å². The third-order valence-electron chi connectivity index (χ3n) is 2.63. The molecule has 0 saturated heterocycles. The van der Waals surface area contributed by atoms with Crippen molar-refractivity contribution < 1.29 is 4.74 Å². The van der Waals surface area contributed by atoms with E-state index in [1.165, 1.54) is 0 Å². The van der Waals surface area contributed by atoms with Crippen LogP contribution < -0.4 is 10.1 Å². The van der Waals surface area contributed by atoms with Gasteiger partial charge in [0, 0.05) is 12.6 Å². The molecule has 0 aliphatic carbocycles. The Morgan fingerprint density at radius 2 is 1.89 bits per heavy atom. The van der Waals surface area contributed by atoms with Crippen molar-refractivity contribution in [3.63, 3.8) is 0 Å². The highest BCUT2D eigenvalue weighted by Gasteiger charge is 2.01. The Balaban J connectivity index is 2.17. The lowest BCUT2D eigenvalue weighted by atomic mass is 10.1. The summed E-state index contributed by atoms with van der Waals surface area (Å²) in [6.07, 6.45) is 1.02. The van der Waals surface area contributed by atoms with Gasteiger partial charge in [-0.25, -0.2) is 4.98 Å². The Hall–Kier alpha value is -2.03. The number of pyridine rings is 1. The van der Waals surface area contributed by atoms with Crippen LogP contribution in [-0.4, -0.2) is 18.6 Å². The SMILES string of the molecule is CCCOc1ccc(-c2cccc(NC)n2)cc1. The van der Waals surface area contributed by atoms with Gasteiger partial charge >= 0.3 is 0 Å². The maximum Gasteiger partial charge on any atom is 0.126 e. The summed E-state index contributed by atoms with van der Waals surface area (Å²) in [7, 11) is 1.87. The largest absolute Gasteiger partial charge is 0.494 e. The number of anilines is 1. The average Bonchev–Trinajstić information content (AvgIpc) is 2.46. The molecular weight excluding hydrogens is 224 g/mol. The number of hydrogen-bond acceptors (Lipinski definition) is 3. The van der Waals surface area contributed by atoms with Crippen molar-refractivity contribution in [2.45, 2.75) is 13.3 Å². The first kappa shape index (κ1) is 12.4. The normalized spacial score (nSPS) is 10.1. The van der Waals surface area contributed by atoms with E-state index in [1.807, 2.05) is 49.5 Å². The number of rotatable bonds is 5. The molecule has 18 heavy (non-hydrogen) atoms. The van der Waals surface area contributed by atoms with Crippen LogP contribution in [0.4, 0.5) is 5.82 Å². The van der Waals surface area contributed by atoms with Crippen molar-refractivity contribution in [1.82, 2.24) is 4.98 Å². The number of hydrogen-bond donors (Lipinski definition) is 1. The molecule has 1 N–H and O–H groups in total. The lowest BCUT2D eigenvalue weighted by Crippen LogP contribution is -1.95. The van der Waals surface area contributed by atoms with Crippen LogP contribution in [-0.2, 0) is 0 Å². The molecule has 94 valence electrons. The number of aromatic nitrogens is 1. The topological polar surface area (TPSA) is 34.1 Å². The van der Waals surface area contributed by atoms with Crippen LogP contribution in [0.25, 0.3) is 11.3 Å². The zero-order valence-corrected chi connectivity index (χ0v) is 10.8. The summed E-state index contributed by atoms with van der Waals surface area (Å²) in [5.41, 5.74) is 2.06. The van der Waals surface area contributed by atoms with E-state index in [1.54, 1.807) is 0 Å². The van der Waals surface area contributed by atoms with Crippen molar-refractivity contribution in [3.8, 4) is 17.0 Å². The van der Waals surface area contributed by atoms with Crippen LogP contribution in [0.5, 0.6) is 5.75 Å². The van der Waals surface area contributed by atoms with E-state index in [4.69, 9.17) is 4.74 Å². The van der Waals surface area contributed by atoms with E-state index in [0.717, 1.165) is 35.9 Å². The highest BCUT2D eigenvalue weighted by molar-refractivity contribution is 5.62. The van der Waals surface area contributed by atoms with Gasteiger partial charge < -0.3 is 10.1 Å². The summed E-state index contributed by atoms with van der Waals surface area (Å²) in [4.78, 5) is 4.50. The average molecular weight is 242 g/mol. The van der Waals surface area contributed by atoms with Gasteiger partial charge in [0.25, 0.3) is 0 Å². The third kappa shape index (κ3) is 3.00. The predicted molar refractivity (Wildman–Crippen MR) is 75.0 cm³/mol. The summed E-state index contributed by atoms with van der Waals surface area (Å²) >= 11 is 0. The van der Waals surface area contributed by atoms with Gasteiger partial charge in [0.1, 0.15) is 11.6 Å². The van der Waals surface area contributed by atoms with E-state index in [-0.39, 0.29) is 0 Å². The van der Waals surface area contributed by atoms with Gasteiger partial charge in [-0.3, -0.25) is 0 Å². The first-order valence-corrected chi connectivity index (χ1v) is 6.21. The molecule has 1 heterocycles. The Morgan fingerprint density at radius 1 is 1.11 bits per heavy atom. The fourth-order valence-electron chi connectivity index (χ4n) is 1.68. The van der Waals surface area contributed by atoms with Crippen molar-refractivity contribution in [3.05, 3.63) is 42.5 Å². The lowest BCUT2D eigenvalue weighted by Gasteiger charge is -2.07. The van der Waals surface area contributed by atoms with Gasteiger partial charge in [-0.2, -0.15) is 0 Å². The van der Waals surface area contributed by atoms with Crippen LogP contribution in [0.15, 0.2) is 42.5 Å². The van der Waals surface area contributed by atoms with Crippen molar-refractivity contribution >= 4 is 5.82 Å². The third-order valence-corrected chi connectivity index (χ3v) is 2.63. The first-order valence-electron chi connectivity index (χ1n) is 6.21. The second-order valence-corrected chi connectivity index (χ2v) is 4.03. The van der Waals surface area contributed by atoms with Gasteiger partial charge in [-0.15, -0.1) is 0 Å². The monoisotopic (exact) mass is 242 g/mol. The molecule has 1 aromatic carbocycles. The maximum atomic E-state index is 5.56. The Kier molecular flexibility index (Phi) is 4.18. The molecular formula is C15H18N2O. The summed E-state index contributed by atoms with van der Waals surface area (Å²) in [5.74, 6) is 1.78. The van der Waals surface area contributed by atoms with Crippen LogP contribution in [0.3, 0.4) is 0 Å². The molecule has 0 spiro atoms. The zero-order chi connectivity index (χ0) is 12.8. The minimum absolute atomic E-state index is 0.757.